The minimum absolute atomic E-state index is 0.0357. The molecule has 0 spiro atoms. The van der Waals surface area contributed by atoms with Gasteiger partial charge in [-0.1, -0.05) is 29.3 Å². The number of anilines is 1. The van der Waals surface area contributed by atoms with Crippen molar-refractivity contribution < 1.29 is 18.0 Å². The molecule has 9 heteroatoms. The summed E-state index contributed by atoms with van der Waals surface area (Å²) in [6, 6.07) is 4.85. The van der Waals surface area contributed by atoms with Gasteiger partial charge in [0, 0.05) is 13.5 Å². The third-order valence-electron chi connectivity index (χ3n) is 3.82. The Labute approximate surface area is 151 Å². The number of benzene rings is 1. The van der Waals surface area contributed by atoms with E-state index >= 15 is 0 Å². The van der Waals surface area contributed by atoms with E-state index in [0.29, 0.717) is 22.2 Å². The van der Waals surface area contributed by atoms with Crippen LogP contribution >= 0.6 is 23.2 Å². The summed E-state index contributed by atoms with van der Waals surface area (Å²) in [7, 11) is -1.52. The van der Waals surface area contributed by atoms with Gasteiger partial charge >= 0.3 is 0 Å². The first kappa shape index (κ1) is 19.0. The van der Waals surface area contributed by atoms with Crippen LogP contribution < -0.4 is 5.32 Å². The topological polar surface area (TPSA) is 83.6 Å². The van der Waals surface area contributed by atoms with E-state index in [1.54, 1.807) is 18.2 Å². The number of halogens is 2. The van der Waals surface area contributed by atoms with Gasteiger partial charge in [0.2, 0.25) is 11.8 Å². The fourth-order valence-corrected chi connectivity index (χ4v) is 4.89. The first-order chi connectivity index (χ1) is 11.2. The lowest BCUT2D eigenvalue weighted by atomic mass is 10.0. The molecule has 0 unspecified atom stereocenters. The molecule has 0 radical (unpaired) electrons. The Morgan fingerprint density at radius 3 is 2.46 bits per heavy atom. The molecule has 24 heavy (non-hydrogen) atoms. The molecule has 1 N–H and O–H groups in total. The van der Waals surface area contributed by atoms with Crippen LogP contribution in [0.15, 0.2) is 18.2 Å². The van der Waals surface area contributed by atoms with E-state index in [0.717, 1.165) is 0 Å². The van der Waals surface area contributed by atoms with Gasteiger partial charge in [0.05, 0.1) is 33.8 Å². The third kappa shape index (κ3) is 5.09. The predicted molar refractivity (Wildman–Crippen MR) is 94.1 cm³/mol. The second-order valence-corrected chi connectivity index (χ2v) is 8.91. The summed E-state index contributed by atoms with van der Waals surface area (Å²) >= 11 is 12.0. The average Bonchev–Trinajstić information content (AvgIpc) is 2.82. The van der Waals surface area contributed by atoms with E-state index in [9.17, 15) is 18.0 Å². The van der Waals surface area contributed by atoms with Crippen LogP contribution in [0.2, 0.25) is 10.0 Å². The number of likely N-dealkylation sites (N-methyl/N-ethyl adjacent to an activating group) is 1. The SMILES string of the molecule is CN(CC(=O)Nc1c(Cl)cccc1Cl)C(=O)C[C@@H]1CCS(=O)(=O)C1. The molecule has 0 aliphatic carbocycles. The van der Waals surface area contributed by atoms with E-state index < -0.39 is 15.7 Å². The van der Waals surface area contributed by atoms with Gasteiger partial charge in [0.15, 0.2) is 9.84 Å². The van der Waals surface area contributed by atoms with Crippen molar-refractivity contribution in [3.63, 3.8) is 0 Å². The molecule has 1 atom stereocenters. The summed E-state index contributed by atoms with van der Waals surface area (Å²) in [5.74, 6) is -0.711. The molecule has 0 bridgehead atoms. The van der Waals surface area contributed by atoms with Crippen molar-refractivity contribution in [1.82, 2.24) is 4.90 Å². The Morgan fingerprint density at radius 2 is 1.92 bits per heavy atom. The summed E-state index contributed by atoms with van der Waals surface area (Å²) in [5.41, 5.74) is 0.300. The second kappa shape index (κ2) is 7.72. The monoisotopic (exact) mass is 392 g/mol. The summed E-state index contributed by atoms with van der Waals surface area (Å²) in [6.07, 6.45) is 0.610. The van der Waals surface area contributed by atoms with Crippen molar-refractivity contribution in [2.24, 2.45) is 5.92 Å². The smallest absolute Gasteiger partial charge is 0.244 e. The van der Waals surface area contributed by atoms with E-state index in [1.807, 2.05) is 0 Å². The highest BCUT2D eigenvalue weighted by Crippen LogP contribution is 2.29. The van der Waals surface area contributed by atoms with Crippen LogP contribution in [0.3, 0.4) is 0 Å². The van der Waals surface area contributed by atoms with Crippen molar-refractivity contribution in [2.75, 3.05) is 30.4 Å². The second-order valence-electron chi connectivity index (χ2n) is 5.87. The van der Waals surface area contributed by atoms with E-state index in [4.69, 9.17) is 23.2 Å². The highest BCUT2D eigenvalue weighted by molar-refractivity contribution is 7.91. The lowest BCUT2D eigenvalue weighted by Crippen LogP contribution is -2.36. The maximum atomic E-state index is 12.1. The number of nitrogens with zero attached hydrogens (tertiary/aromatic N) is 1. The van der Waals surface area contributed by atoms with Gasteiger partial charge in [-0.2, -0.15) is 0 Å². The van der Waals surface area contributed by atoms with Crippen LogP contribution in [0.4, 0.5) is 5.69 Å². The van der Waals surface area contributed by atoms with Crippen molar-refractivity contribution in [2.45, 2.75) is 12.8 Å². The molecule has 0 aromatic heterocycles. The molecule has 1 aromatic carbocycles. The van der Waals surface area contributed by atoms with Crippen LogP contribution in [0, 0.1) is 5.92 Å². The van der Waals surface area contributed by atoms with Gasteiger partial charge in [-0.25, -0.2) is 8.42 Å². The number of rotatable bonds is 5. The van der Waals surface area contributed by atoms with Gasteiger partial charge in [0.25, 0.3) is 0 Å². The van der Waals surface area contributed by atoms with Gasteiger partial charge in [-0.15, -0.1) is 0 Å². The van der Waals surface area contributed by atoms with Crippen LogP contribution in [-0.4, -0.2) is 50.2 Å². The first-order valence-electron chi connectivity index (χ1n) is 7.36. The molecular weight excluding hydrogens is 375 g/mol. The lowest BCUT2D eigenvalue weighted by Gasteiger charge is -2.19. The standard InChI is InChI=1S/C15H18Cl2N2O4S/c1-19(14(21)7-10-5-6-24(22,23)9-10)8-13(20)18-15-11(16)3-2-4-12(15)17/h2-4,10H,5-9H2,1H3,(H,18,20)/t10-/m0/s1. The molecule has 1 aliphatic heterocycles. The fraction of sp³-hybridized carbons (Fsp3) is 0.467. The van der Waals surface area contributed by atoms with Gasteiger partial charge < -0.3 is 10.2 Å². The number of amides is 2. The normalized spacial score (nSPS) is 19.0. The molecule has 1 aromatic rings. The largest absolute Gasteiger partial charge is 0.336 e. The predicted octanol–water partition coefficient (Wildman–Crippen LogP) is 2.22. The molecule has 6 nitrogen and oxygen atoms in total. The van der Waals surface area contributed by atoms with Crippen molar-refractivity contribution in [3.8, 4) is 0 Å². The highest BCUT2D eigenvalue weighted by atomic mass is 35.5. The minimum Gasteiger partial charge on any atom is -0.336 e. The minimum atomic E-state index is -3.02. The van der Waals surface area contributed by atoms with Crippen molar-refractivity contribution in [1.29, 1.82) is 0 Å². The van der Waals surface area contributed by atoms with Crippen LogP contribution in [0.25, 0.3) is 0 Å². The Kier molecular flexibility index (Phi) is 6.11. The summed E-state index contributed by atoms with van der Waals surface area (Å²) in [4.78, 5) is 25.5. The summed E-state index contributed by atoms with van der Waals surface area (Å²) in [6.45, 7) is -0.167. The summed E-state index contributed by atoms with van der Waals surface area (Å²) in [5, 5.41) is 3.19. The molecule has 1 aliphatic rings. The maximum Gasteiger partial charge on any atom is 0.244 e. The Morgan fingerprint density at radius 1 is 1.29 bits per heavy atom. The molecule has 0 saturated carbocycles. The average molecular weight is 393 g/mol. The van der Waals surface area contributed by atoms with Crippen molar-refractivity contribution in [3.05, 3.63) is 28.2 Å². The first-order valence-corrected chi connectivity index (χ1v) is 9.94. The van der Waals surface area contributed by atoms with Gasteiger partial charge in [-0.3, -0.25) is 9.59 Å². The zero-order chi connectivity index (χ0) is 17.9. The number of carbonyl (C=O) groups excluding carboxylic acids is 2. The number of nitrogens with one attached hydrogen (secondary N) is 1. The Hall–Kier alpha value is -1.31. The highest BCUT2D eigenvalue weighted by Gasteiger charge is 2.30. The molecule has 132 valence electrons. The molecule has 1 fully saturated rings. The van der Waals surface area contributed by atoms with Crippen molar-refractivity contribution >= 4 is 50.5 Å². The molecular formula is C15H18Cl2N2O4S. The number of hydrogen-bond donors (Lipinski definition) is 1. The lowest BCUT2D eigenvalue weighted by molar-refractivity contribution is -0.134. The quantitative estimate of drug-likeness (QED) is 0.832. The molecule has 2 rings (SSSR count). The van der Waals surface area contributed by atoms with E-state index in [-0.39, 0.29) is 36.3 Å². The zero-order valence-electron chi connectivity index (χ0n) is 13.1. The fourth-order valence-electron chi connectivity index (χ4n) is 2.54. The van der Waals surface area contributed by atoms with Gasteiger partial charge in [0.1, 0.15) is 0 Å². The Bertz CT molecular complexity index is 732. The third-order valence-corrected chi connectivity index (χ3v) is 6.29. The number of carbonyl (C=O) groups is 2. The summed E-state index contributed by atoms with van der Waals surface area (Å²) < 4.78 is 22.8. The zero-order valence-corrected chi connectivity index (χ0v) is 15.4. The van der Waals surface area contributed by atoms with Crippen LogP contribution in [0.1, 0.15) is 12.8 Å². The maximum absolute atomic E-state index is 12.1. The molecule has 2 amide bonds. The van der Waals surface area contributed by atoms with Gasteiger partial charge in [-0.05, 0) is 24.5 Å². The molecule has 1 saturated heterocycles. The van der Waals surface area contributed by atoms with E-state index in [2.05, 4.69) is 5.32 Å². The van der Waals surface area contributed by atoms with Crippen LogP contribution in [0.5, 0.6) is 0 Å². The molecule has 1 heterocycles. The number of para-hydroxylation sites is 1. The van der Waals surface area contributed by atoms with E-state index in [1.165, 1.54) is 11.9 Å². The number of hydrogen-bond acceptors (Lipinski definition) is 4. The van der Waals surface area contributed by atoms with Crippen LogP contribution in [-0.2, 0) is 19.4 Å². The number of sulfone groups is 1. The Balaban J connectivity index is 1.88.